The zero-order valence-electron chi connectivity index (χ0n) is 12.1. The monoisotopic (exact) mass is 258 g/mol. The molecule has 1 fully saturated rings. The lowest BCUT2D eigenvalue weighted by atomic mass is 10.0. The molecule has 1 saturated carbocycles. The lowest BCUT2D eigenvalue weighted by molar-refractivity contribution is 0.157. The number of hydrogen-bond donors (Lipinski definition) is 1. The van der Waals surface area contributed by atoms with Gasteiger partial charge in [-0.3, -0.25) is 4.90 Å². The van der Waals surface area contributed by atoms with Gasteiger partial charge >= 0.3 is 0 Å². The molecule has 2 nitrogen and oxygen atoms in total. The highest BCUT2D eigenvalue weighted by molar-refractivity contribution is 5.47. The van der Waals surface area contributed by atoms with Gasteiger partial charge in [-0.25, -0.2) is 0 Å². The van der Waals surface area contributed by atoms with E-state index in [0.29, 0.717) is 6.04 Å². The van der Waals surface area contributed by atoms with Crippen molar-refractivity contribution in [2.45, 2.75) is 63.5 Å². The molecule has 0 saturated heterocycles. The van der Waals surface area contributed by atoms with Gasteiger partial charge in [0.25, 0.3) is 0 Å². The van der Waals surface area contributed by atoms with Crippen LogP contribution in [0.3, 0.4) is 0 Å². The smallest absolute Gasteiger partial charge is 0.0353 e. The van der Waals surface area contributed by atoms with Crippen molar-refractivity contribution in [2.24, 2.45) is 0 Å². The summed E-state index contributed by atoms with van der Waals surface area (Å²) in [6.45, 7) is 0. The molecular weight excluding hydrogens is 232 g/mol. The second-order valence-electron chi connectivity index (χ2n) is 6.32. The average molecular weight is 258 g/mol. The molecule has 0 amide bonds. The normalized spacial score (nSPS) is 24.4. The average Bonchev–Trinajstić information content (AvgIpc) is 2.64. The fourth-order valence-electron chi connectivity index (χ4n) is 3.96. The predicted octanol–water partition coefficient (Wildman–Crippen LogP) is 3.91. The van der Waals surface area contributed by atoms with E-state index in [1.807, 2.05) is 0 Å². The van der Waals surface area contributed by atoms with Crippen LogP contribution in [0, 0.1) is 0 Å². The molecule has 3 rings (SSSR count). The summed E-state index contributed by atoms with van der Waals surface area (Å²) < 4.78 is 0. The van der Waals surface area contributed by atoms with E-state index in [9.17, 15) is 0 Å². The van der Waals surface area contributed by atoms with Crippen molar-refractivity contribution in [3.63, 3.8) is 0 Å². The third-order valence-corrected chi connectivity index (χ3v) is 5.11. The Bertz CT molecular complexity index is 433. The first-order valence-electron chi connectivity index (χ1n) is 7.86. The molecule has 0 aromatic heterocycles. The first kappa shape index (κ1) is 13.0. The molecule has 1 aromatic carbocycles. The van der Waals surface area contributed by atoms with E-state index in [1.165, 1.54) is 62.5 Å². The highest BCUT2D eigenvalue weighted by atomic mass is 15.2. The van der Waals surface area contributed by atoms with Crippen molar-refractivity contribution in [2.75, 3.05) is 12.8 Å². The fraction of sp³-hybridized carbons (Fsp3) is 0.647. The molecule has 2 aliphatic rings. The standard InChI is InChI=1S/C17H26N2/c1-19(15-6-4-2-3-5-7-15)17-11-8-13-12-14(18)9-10-16(13)17/h9-10,12,15,17H,2-8,11,18H2,1H3. The molecule has 0 heterocycles. The van der Waals surface area contributed by atoms with Gasteiger partial charge in [-0.15, -0.1) is 0 Å². The van der Waals surface area contributed by atoms with Gasteiger partial charge in [-0.2, -0.15) is 0 Å². The molecule has 0 aliphatic heterocycles. The lowest BCUT2D eigenvalue weighted by Crippen LogP contribution is -2.34. The minimum atomic E-state index is 0.624. The van der Waals surface area contributed by atoms with Gasteiger partial charge in [-0.1, -0.05) is 31.7 Å². The molecular formula is C17H26N2. The van der Waals surface area contributed by atoms with Crippen LogP contribution in [0.25, 0.3) is 0 Å². The van der Waals surface area contributed by atoms with Crippen LogP contribution >= 0.6 is 0 Å². The Labute approximate surface area is 117 Å². The summed E-state index contributed by atoms with van der Waals surface area (Å²) in [6, 6.07) is 7.92. The van der Waals surface area contributed by atoms with Crippen molar-refractivity contribution in [1.29, 1.82) is 0 Å². The SMILES string of the molecule is CN(C1CCCCCC1)C1CCc2cc(N)ccc21. The quantitative estimate of drug-likeness (QED) is 0.643. The van der Waals surface area contributed by atoms with E-state index in [-0.39, 0.29) is 0 Å². The molecule has 1 unspecified atom stereocenters. The van der Waals surface area contributed by atoms with Gasteiger partial charge in [0.05, 0.1) is 0 Å². The summed E-state index contributed by atoms with van der Waals surface area (Å²) in [5.74, 6) is 0. The second-order valence-corrected chi connectivity index (χ2v) is 6.32. The number of hydrogen-bond acceptors (Lipinski definition) is 2. The number of benzene rings is 1. The Kier molecular flexibility index (Phi) is 3.79. The van der Waals surface area contributed by atoms with Crippen molar-refractivity contribution < 1.29 is 0 Å². The number of nitrogens with zero attached hydrogens (tertiary/aromatic N) is 1. The van der Waals surface area contributed by atoms with Crippen molar-refractivity contribution >= 4 is 5.69 Å². The van der Waals surface area contributed by atoms with Gasteiger partial charge in [0.2, 0.25) is 0 Å². The van der Waals surface area contributed by atoms with Crippen LogP contribution in [0.1, 0.15) is 62.1 Å². The van der Waals surface area contributed by atoms with Gasteiger partial charge in [0, 0.05) is 17.8 Å². The Morgan fingerprint density at radius 3 is 2.53 bits per heavy atom. The van der Waals surface area contributed by atoms with E-state index in [1.54, 1.807) is 0 Å². The van der Waals surface area contributed by atoms with E-state index in [0.717, 1.165) is 11.7 Å². The molecule has 2 aliphatic carbocycles. The number of nitrogens with two attached hydrogens (primary N) is 1. The van der Waals surface area contributed by atoms with Crippen LogP contribution < -0.4 is 5.73 Å². The fourth-order valence-corrected chi connectivity index (χ4v) is 3.96. The van der Waals surface area contributed by atoms with Crippen LogP contribution in [-0.4, -0.2) is 18.0 Å². The highest BCUT2D eigenvalue weighted by Gasteiger charge is 2.30. The summed E-state index contributed by atoms with van der Waals surface area (Å²) >= 11 is 0. The second kappa shape index (κ2) is 5.54. The minimum absolute atomic E-state index is 0.624. The number of rotatable bonds is 2. The van der Waals surface area contributed by atoms with Crippen molar-refractivity contribution in [1.82, 2.24) is 4.90 Å². The van der Waals surface area contributed by atoms with Crippen LogP contribution in [0.2, 0.25) is 0 Å². The third kappa shape index (κ3) is 2.64. The first-order chi connectivity index (χ1) is 9.25. The van der Waals surface area contributed by atoms with Gasteiger partial charge < -0.3 is 5.73 Å². The topological polar surface area (TPSA) is 29.3 Å². The van der Waals surface area contributed by atoms with Crippen LogP contribution in [0.4, 0.5) is 5.69 Å². The highest BCUT2D eigenvalue weighted by Crippen LogP contribution is 2.38. The van der Waals surface area contributed by atoms with E-state index in [4.69, 9.17) is 5.73 Å². The maximum atomic E-state index is 5.90. The molecule has 1 aromatic rings. The Hall–Kier alpha value is -1.02. The predicted molar refractivity (Wildman–Crippen MR) is 81.2 cm³/mol. The summed E-state index contributed by atoms with van der Waals surface area (Å²) in [6.07, 6.45) is 10.9. The zero-order chi connectivity index (χ0) is 13.2. The molecule has 0 radical (unpaired) electrons. The molecule has 19 heavy (non-hydrogen) atoms. The van der Waals surface area contributed by atoms with Gasteiger partial charge in [-0.05, 0) is 56.0 Å². The van der Waals surface area contributed by atoms with Crippen molar-refractivity contribution in [3.05, 3.63) is 29.3 Å². The molecule has 0 spiro atoms. The maximum Gasteiger partial charge on any atom is 0.0353 e. The molecule has 0 bridgehead atoms. The lowest BCUT2D eigenvalue weighted by Gasteiger charge is -2.33. The summed E-state index contributed by atoms with van der Waals surface area (Å²) in [5, 5.41) is 0. The summed E-state index contributed by atoms with van der Waals surface area (Å²) in [5.41, 5.74) is 9.82. The Morgan fingerprint density at radius 2 is 1.79 bits per heavy atom. The number of aryl methyl sites for hydroxylation is 1. The molecule has 2 heteroatoms. The van der Waals surface area contributed by atoms with Crippen LogP contribution in [0.5, 0.6) is 0 Å². The maximum absolute atomic E-state index is 5.90. The third-order valence-electron chi connectivity index (χ3n) is 5.11. The zero-order valence-corrected chi connectivity index (χ0v) is 12.1. The number of nitrogen functional groups attached to an aromatic ring is 1. The molecule has 1 atom stereocenters. The van der Waals surface area contributed by atoms with Crippen LogP contribution in [-0.2, 0) is 6.42 Å². The minimum Gasteiger partial charge on any atom is -0.399 e. The first-order valence-corrected chi connectivity index (χ1v) is 7.86. The van der Waals surface area contributed by atoms with Crippen LogP contribution in [0.15, 0.2) is 18.2 Å². The number of fused-ring (bicyclic) bond motifs is 1. The van der Waals surface area contributed by atoms with E-state index < -0.39 is 0 Å². The van der Waals surface area contributed by atoms with Crippen molar-refractivity contribution in [3.8, 4) is 0 Å². The Balaban J connectivity index is 1.76. The molecule has 104 valence electrons. The largest absolute Gasteiger partial charge is 0.399 e. The number of anilines is 1. The summed E-state index contributed by atoms with van der Waals surface area (Å²) in [4.78, 5) is 2.66. The van der Waals surface area contributed by atoms with E-state index in [2.05, 4.69) is 30.1 Å². The van der Waals surface area contributed by atoms with Gasteiger partial charge in [0.15, 0.2) is 0 Å². The summed E-state index contributed by atoms with van der Waals surface area (Å²) in [7, 11) is 2.34. The molecule has 2 N–H and O–H groups in total. The Morgan fingerprint density at radius 1 is 1.05 bits per heavy atom. The van der Waals surface area contributed by atoms with Gasteiger partial charge in [0.1, 0.15) is 0 Å². The van der Waals surface area contributed by atoms with E-state index >= 15 is 0 Å².